The Morgan fingerprint density at radius 3 is 1.65 bits per heavy atom. The fourth-order valence-corrected chi connectivity index (χ4v) is 3.25. The van der Waals surface area contributed by atoms with Gasteiger partial charge in [-0.15, -0.1) is 0 Å². The Labute approximate surface area is 151 Å². The second-order valence-corrected chi connectivity index (χ2v) is 6.33. The fraction of sp³-hybridized carbons (Fsp3) is 0.300. The van der Waals surface area contributed by atoms with Gasteiger partial charge in [-0.25, -0.2) is 8.78 Å². The zero-order chi connectivity index (χ0) is 18.5. The summed E-state index contributed by atoms with van der Waals surface area (Å²) in [6.07, 6.45) is 1.55. The summed E-state index contributed by atoms with van der Waals surface area (Å²) in [6, 6.07) is 12.7. The van der Waals surface area contributed by atoms with Crippen LogP contribution in [-0.4, -0.2) is 52.5 Å². The second kappa shape index (κ2) is 8.40. The summed E-state index contributed by atoms with van der Waals surface area (Å²) in [6.45, 7) is 2.93. The largest absolute Gasteiger partial charge is 0.375 e. The van der Waals surface area contributed by atoms with E-state index >= 15 is 0 Å². The van der Waals surface area contributed by atoms with Crippen LogP contribution >= 0.6 is 0 Å². The number of hydrogen-bond acceptors (Lipinski definition) is 4. The Morgan fingerprint density at radius 1 is 0.769 bits per heavy atom. The van der Waals surface area contributed by atoms with Gasteiger partial charge in [0.2, 0.25) is 0 Å². The van der Waals surface area contributed by atoms with E-state index in [2.05, 4.69) is 4.90 Å². The Bertz CT molecular complexity index is 679. The van der Waals surface area contributed by atoms with Crippen molar-refractivity contribution < 1.29 is 19.0 Å². The van der Waals surface area contributed by atoms with E-state index in [1.165, 1.54) is 30.3 Å². The monoisotopic (exact) mass is 360 g/mol. The summed E-state index contributed by atoms with van der Waals surface area (Å²) in [5, 5.41) is 17.9. The second-order valence-electron chi connectivity index (χ2n) is 6.33. The molecule has 0 aromatic heterocycles. The molecule has 0 aliphatic carbocycles. The number of hydrogen-bond donors (Lipinski definition) is 2. The molecule has 0 saturated carbocycles. The normalized spacial score (nSPS) is 16.2. The van der Waals surface area contributed by atoms with Crippen LogP contribution in [0, 0.1) is 11.6 Å². The highest BCUT2D eigenvalue weighted by Gasteiger charge is 2.25. The van der Waals surface area contributed by atoms with Crippen LogP contribution in [0.25, 0.3) is 0 Å². The molecule has 1 fully saturated rings. The van der Waals surface area contributed by atoms with Crippen molar-refractivity contribution in [2.45, 2.75) is 12.3 Å². The van der Waals surface area contributed by atoms with Gasteiger partial charge in [-0.3, -0.25) is 4.90 Å². The standard InChI is InChI=1S/C20H22F2N2O2/c21-17-5-1-15(2-6-17)20(16-3-7-18(22)8-4-16)24-13-11-23(12-14-24)10-9-19(25)26/h1-10,19-20,25-26H,11-14H2. The van der Waals surface area contributed by atoms with Crippen molar-refractivity contribution in [2.75, 3.05) is 26.2 Å². The Hall–Kier alpha value is -2.28. The van der Waals surface area contributed by atoms with Crippen molar-refractivity contribution in [3.05, 3.63) is 83.6 Å². The Kier molecular flexibility index (Phi) is 5.98. The van der Waals surface area contributed by atoms with E-state index in [0.29, 0.717) is 0 Å². The molecule has 3 rings (SSSR count). The first-order valence-electron chi connectivity index (χ1n) is 8.56. The molecule has 1 aliphatic heterocycles. The third kappa shape index (κ3) is 4.66. The maximum Gasteiger partial charge on any atom is 0.172 e. The highest BCUT2D eigenvalue weighted by molar-refractivity contribution is 5.32. The molecule has 2 N–H and O–H groups in total. The van der Waals surface area contributed by atoms with E-state index in [1.54, 1.807) is 30.5 Å². The fourth-order valence-electron chi connectivity index (χ4n) is 3.25. The molecule has 2 aromatic rings. The number of nitrogens with zero attached hydrogens (tertiary/aromatic N) is 2. The molecule has 1 heterocycles. The predicted molar refractivity (Wildman–Crippen MR) is 95.2 cm³/mol. The molecule has 138 valence electrons. The Balaban J connectivity index is 1.80. The van der Waals surface area contributed by atoms with Gasteiger partial charge in [-0.05, 0) is 41.5 Å². The van der Waals surface area contributed by atoms with Crippen LogP contribution in [0.5, 0.6) is 0 Å². The number of halogens is 2. The van der Waals surface area contributed by atoms with Crippen LogP contribution in [0.3, 0.4) is 0 Å². The van der Waals surface area contributed by atoms with E-state index in [-0.39, 0.29) is 17.7 Å². The topological polar surface area (TPSA) is 46.9 Å². The molecule has 0 radical (unpaired) electrons. The smallest absolute Gasteiger partial charge is 0.172 e. The van der Waals surface area contributed by atoms with Crippen LogP contribution < -0.4 is 0 Å². The number of rotatable bonds is 5. The molecular weight excluding hydrogens is 338 g/mol. The molecule has 1 aliphatic rings. The minimum Gasteiger partial charge on any atom is -0.375 e. The highest BCUT2D eigenvalue weighted by Crippen LogP contribution is 2.30. The van der Waals surface area contributed by atoms with Crippen molar-refractivity contribution >= 4 is 0 Å². The Morgan fingerprint density at radius 2 is 1.23 bits per heavy atom. The van der Waals surface area contributed by atoms with Crippen LogP contribution in [-0.2, 0) is 0 Å². The van der Waals surface area contributed by atoms with Gasteiger partial charge in [0.15, 0.2) is 6.29 Å². The molecule has 0 spiro atoms. The van der Waals surface area contributed by atoms with E-state index in [9.17, 15) is 8.78 Å². The van der Waals surface area contributed by atoms with E-state index < -0.39 is 6.29 Å². The molecule has 1 saturated heterocycles. The van der Waals surface area contributed by atoms with Crippen molar-refractivity contribution in [1.29, 1.82) is 0 Å². The van der Waals surface area contributed by atoms with Gasteiger partial charge in [-0.2, -0.15) is 0 Å². The molecule has 0 bridgehead atoms. The van der Waals surface area contributed by atoms with Crippen LogP contribution in [0.1, 0.15) is 17.2 Å². The minimum atomic E-state index is -1.46. The van der Waals surface area contributed by atoms with E-state index in [4.69, 9.17) is 10.2 Å². The molecule has 4 nitrogen and oxygen atoms in total. The van der Waals surface area contributed by atoms with E-state index in [0.717, 1.165) is 37.3 Å². The first-order chi connectivity index (χ1) is 12.5. The van der Waals surface area contributed by atoms with Gasteiger partial charge in [0, 0.05) is 32.4 Å². The van der Waals surface area contributed by atoms with Crippen molar-refractivity contribution in [3.8, 4) is 0 Å². The molecular formula is C20H22F2N2O2. The third-order valence-corrected chi connectivity index (χ3v) is 4.55. The number of aliphatic hydroxyl groups excluding tert-OH is 1. The zero-order valence-corrected chi connectivity index (χ0v) is 14.3. The van der Waals surface area contributed by atoms with Gasteiger partial charge in [0.05, 0.1) is 6.04 Å². The molecule has 0 unspecified atom stereocenters. The lowest BCUT2D eigenvalue weighted by atomic mass is 9.96. The minimum absolute atomic E-state index is 0.0919. The SMILES string of the molecule is OC(O)C=CN1CCN(C(c2ccc(F)cc2)c2ccc(F)cc2)CC1. The van der Waals surface area contributed by atoms with Crippen LogP contribution in [0.15, 0.2) is 60.8 Å². The molecule has 6 heteroatoms. The average molecular weight is 360 g/mol. The lowest BCUT2D eigenvalue weighted by Gasteiger charge is -2.39. The molecule has 2 aromatic carbocycles. The number of aliphatic hydroxyl groups is 2. The summed E-state index contributed by atoms with van der Waals surface area (Å²) in [4.78, 5) is 4.28. The number of piperazine rings is 1. The van der Waals surface area contributed by atoms with Crippen molar-refractivity contribution in [1.82, 2.24) is 9.80 Å². The first kappa shape index (κ1) is 18.5. The molecule has 26 heavy (non-hydrogen) atoms. The first-order valence-corrected chi connectivity index (χ1v) is 8.56. The number of benzene rings is 2. The van der Waals surface area contributed by atoms with Crippen molar-refractivity contribution in [2.24, 2.45) is 0 Å². The highest BCUT2D eigenvalue weighted by atomic mass is 19.1. The van der Waals surface area contributed by atoms with Gasteiger partial charge in [0.1, 0.15) is 11.6 Å². The quantitative estimate of drug-likeness (QED) is 0.805. The third-order valence-electron chi connectivity index (χ3n) is 4.55. The van der Waals surface area contributed by atoms with E-state index in [1.807, 2.05) is 4.90 Å². The van der Waals surface area contributed by atoms with Gasteiger partial charge < -0.3 is 15.1 Å². The summed E-state index contributed by atoms with van der Waals surface area (Å²) < 4.78 is 26.7. The average Bonchev–Trinajstić information content (AvgIpc) is 2.64. The lowest BCUT2D eigenvalue weighted by Crippen LogP contribution is -2.45. The summed E-state index contributed by atoms with van der Waals surface area (Å²) in [5.41, 5.74) is 1.90. The maximum atomic E-state index is 13.3. The summed E-state index contributed by atoms with van der Waals surface area (Å²) in [7, 11) is 0. The van der Waals surface area contributed by atoms with Gasteiger partial charge in [0.25, 0.3) is 0 Å². The van der Waals surface area contributed by atoms with Crippen LogP contribution in [0.4, 0.5) is 8.78 Å². The summed E-state index contributed by atoms with van der Waals surface area (Å²) >= 11 is 0. The predicted octanol–water partition coefficient (Wildman–Crippen LogP) is 2.50. The van der Waals surface area contributed by atoms with Crippen molar-refractivity contribution in [3.63, 3.8) is 0 Å². The van der Waals surface area contributed by atoms with Crippen LogP contribution in [0.2, 0.25) is 0 Å². The van der Waals surface area contributed by atoms with Gasteiger partial charge in [-0.1, -0.05) is 24.3 Å². The maximum absolute atomic E-state index is 13.3. The van der Waals surface area contributed by atoms with Gasteiger partial charge >= 0.3 is 0 Å². The summed E-state index contributed by atoms with van der Waals surface area (Å²) in [5.74, 6) is -0.576. The molecule has 0 atom stereocenters. The molecule has 0 amide bonds. The lowest BCUT2D eigenvalue weighted by molar-refractivity contribution is 0.000968. The zero-order valence-electron chi connectivity index (χ0n) is 14.3.